The SMILES string of the molecule is CC(C)C(CNCC(C)(C)CCC#N)C(C)C. The molecule has 0 radical (unpaired) electrons. The lowest BCUT2D eigenvalue weighted by atomic mass is 9.84. The van der Waals surface area contributed by atoms with E-state index >= 15 is 0 Å². The van der Waals surface area contributed by atoms with Crippen LogP contribution in [0.2, 0.25) is 0 Å². The van der Waals surface area contributed by atoms with Gasteiger partial charge in [0.1, 0.15) is 0 Å². The maximum absolute atomic E-state index is 8.62. The smallest absolute Gasteiger partial charge is 0.0621 e. The molecule has 100 valence electrons. The highest BCUT2D eigenvalue weighted by atomic mass is 14.9. The Labute approximate surface area is 108 Å². The number of nitriles is 1. The molecule has 17 heavy (non-hydrogen) atoms. The molecule has 0 saturated carbocycles. The van der Waals surface area contributed by atoms with E-state index in [9.17, 15) is 0 Å². The number of hydrogen-bond acceptors (Lipinski definition) is 2. The Morgan fingerprint density at radius 3 is 2.06 bits per heavy atom. The van der Waals surface area contributed by atoms with Crippen LogP contribution in [0.25, 0.3) is 0 Å². The first kappa shape index (κ1) is 16.4. The van der Waals surface area contributed by atoms with Crippen LogP contribution in [-0.4, -0.2) is 13.1 Å². The fraction of sp³-hybridized carbons (Fsp3) is 0.933. The molecule has 1 N–H and O–H groups in total. The van der Waals surface area contributed by atoms with E-state index in [1.807, 2.05) is 0 Å². The summed E-state index contributed by atoms with van der Waals surface area (Å²) in [7, 11) is 0. The van der Waals surface area contributed by atoms with Crippen molar-refractivity contribution in [2.24, 2.45) is 23.2 Å². The lowest BCUT2D eigenvalue weighted by Crippen LogP contribution is -2.36. The zero-order valence-electron chi connectivity index (χ0n) is 12.5. The molecule has 0 fully saturated rings. The maximum atomic E-state index is 8.62. The van der Waals surface area contributed by atoms with E-state index in [0.29, 0.717) is 6.42 Å². The van der Waals surface area contributed by atoms with Crippen molar-refractivity contribution in [3.8, 4) is 6.07 Å². The van der Waals surface area contributed by atoms with Crippen LogP contribution >= 0.6 is 0 Å². The van der Waals surface area contributed by atoms with Gasteiger partial charge in [-0.05, 0) is 36.1 Å². The number of nitrogens with one attached hydrogen (secondary N) is 1. The molecule has 0 spiro atoms. The summed E-state index contributed by atoms with van der Waals surface area (Å²) in [4.78, 5) is 0. The van der Waals surface area contributed by atoms with Gasteiger partial charge in [0, 0.05) is 13.0 Å². The Morgan fingerprint density at radius 2 is 1.65 bits per heavy atom. The van der Waals surface area contributed by atoms with Gasteiger partial charge in [-0.3, -0.25) is 0 Å². The molecule has 0 aromatic carbocycles. The van der Waals surface area contributed by atoms with Crippen molar-refractivity contribution in [1.82, 2.24) is 5.32 Å². The summed E-state index contributed by atoms with van der Waals surface area (Å²) in [6.07, 6.45) is 1.64. The summed E-state index contributed by atoms with van der Waals surface area (Å²) < 4.78 is 0. The second-order valence-corrected chi connectivity index (χ2v) is 6.61. The van der Waals surface area contributed by atoms with E-state index < -0.39 is 0 Å². The zero-order chi connectivity index (χ0) is 13.5. The van der Waals surface area contributed by atoms with E-state index in [0.717, 1.165) is 37.3 Å². The molecule has 0 amide bonds. The summed E-state index contributed by atoms with van der Waals surface area (Å²) in [6.45, 7) is 15.8. The summed E-state index contributed by atoms with van der Waals surface area (Å²) >= 11 is 0. The van der Waals surface area contributed by atoms with E-state index in [4.69, 9.17) is 5.26 Å². The predicted molar refractivity (Wildman–Crippen MR) is 74.7 cm³/mol. The normalized spacial score (nSPS) is 12.5. The van der Waals surface area contributed by atoms with Crippen molar-refractivity contribution in [2.45, 2.75) is 54.4 Å². The quantitative estimate of drug-likeness (QED) is 0.697. The molecule has 0 aliphatic rings. The summed E-state index contributed by atoms with van der Waals surface area (Å²) in [5, 5.41) is 12.2. The Hall–Kier alpha value is -0.550. The zero-order valence-corrected chi connectivity index (χ0v) is 12.5. The van der Waals surface area contributed by atoms with Crippen LogP contribution in [0.15, 0.2) is 0 Å². The number of rotatable bonds is 8. The van der Waals surface area contributed by atoms with Gasteiger partial charge in [0.2, 0.25) is 0 Å². The molecule has 0 aromatic heterocycles. The van der Waals surface area contributed by atoms with Gasteiger partial charge in [-0.1, -0.05) is 41.5 Å². The van der Waals surface area contributed by atoms with Crippen LogP contribution in [-0.2, 0) is 0 Å². The lowest BCUT2D eigenvalue weighted by Gasteiger charge is -2.29. The topological polar surface area (TPSA) is 35.8 Å². The average molecular weight is 238 g/mol. The Morgan fingerprint density at radius 1 is 1.12 bits per heavy atom. The standard InChI is InChI=1S/C15H30N2/c1-12(2)14(13(3)4)10-17-11-15(5,6)8-7-9-16/h12-14,17H,7-8,10-11H2,1-6H3. The highest BCUT2D eigenvalue weighted by molar-refractivity contribution is 4.79. The molecule has 0 aromatic rings. The van der Waals surface area contributed by atoms with Gasteiger partial charge < -0.3 is 5.32 Å². The molecule has 0 bridgehead atoms. The Bertz CT molecular complexity index is 228. The van der Waals surface area contributed by atoms with Crippen molar-refractivity contribution < 1.29 is 0 Å². The lowest BCUT2D eigenvalue weighted by molar-refractivity contribution is 0.248. The minimum Gasteiger partial charge on any atom is -0.316 e. The van der Waals surface area contributed by atoms with Crippen LogP contribution in [0.4, 0.5) is 0 Å². The third-order valence-corrected chi connectivity index (χ3v) is 3.61. The van der Waals surface area contributed by atoms with E-state index in [-0.39, 0.29) is 5.41 Å². The second-order valence-electron chi connectivity index (χ2n) is 6.61. The summed E-state index contributed by atoms with van der Waals surface area (Å²) in [6, 6.07) is 2.23. The van der Waals surface area contributed by atoms with Crippen LogP contribution in [0.3, 0.4) is 0 Å². The van der Waals surface area contributed by atoms with Crippen LogP contribution in [0.5, 0.6) is 0 Å². The fourth-order valence-electron chi connectivity index (χ4n) is 2.30. The summed E-state index contributed by atoms with van der Waals surface area (Å²) in [5.74, 6) is 2.19. The average Bonchev–Trinajstić information content (AvgIpc) is 2.20. The molecule has 0 atom stereocenters. The molecule has 0 aliphatic carbocycles. The Kier molecular flexibility index (Phi) is 7.46. The van der Waals surface area contributed by atoms with Gasteiger partial charge >= 0.3 is 0 Å². The van der Waals surface area contributed by atoms with Gasteiger partial charge in [0.15, 0.2) is 0 Å². The molecule has 0 saturated heterocycles. The van der Waals surface area contributed by atoms with Gasteiger partial charge in [-0.25, -0.2) is 0 Å². The van der Waals surface area contributed by atoms with E-state index in [1.54, 1.807) is 0 Å². The van der Waals surface area contributed by atoms with Crippen molar-refractivity contribution in [2.75, 3.05) is 13.1 Å². The van der Waals surface area contributed by atoms with Crippen molar-refractivity contribution in [3.05, 3.63) is 0 Å². The van der Waals surface area contributed by atoms with E-state index in [1.165, 1.54) is 0 Å². The monoisotopic (exact) mass is 238 g/mol. The van der Waals surface area contributed by atoms with Crippen molar-refractivity contribution in [1.29, 1.82) is 5.26 Å². The van der Waals surface area contributed by atoms with Gasteiger partial charge in [0.05, 0.1) is 6.07 Å². The second kappa shape index (κ2) is 7.71. The first-order valence-corrected chi connectivity index (χ1v) is 6.88. The maximum Gasteiger partial charge on any atom is 0.0621 e. The van der Waals surface area contributed by atoms with E-state index in [2.05, 4.69) is 52.9 Å². The first-order chi connectivity index (χ1) is 7.80. The minimum atomic E-state index is 0.230. The molecule has 0 aliphatic heterocycles. The minimum absolute atomic E-state index is 0.230. The largest absolute Gasteiger partial charge is 0.316 e. The predicted octanol–water partition coefficient (Wildman–Crippen LogP) is 3.83. The van der Waals surface area contributed by atoms with Crippen LogP contribution in [0, 0.1) is 34.5 Å². The highest BCUT2D eigenvalue weighted by Gasteiger charge is 2.20. The molecule has 2 nitrogen and oxygen atoms in total. The van der Waals surface area contributed by atoms with Crippen molar-refractivity contribution >= 4 is 0 Å². The molecule has 2 heteroatoms. The molecular weight excluding hydrogens is 208 g/mol. The van der Waals surface area contributed by atoms with Gasteiger partial charge in [-0.15, -0.1) is 0 Å². The molecular formula is C15H30N2. The fourth-order valence-corrected chi connectivity index (χ4v) is 2.30. The highest BCUT2D eigenvalue weighted by Crippen LogP contribution is 2.22. The molecule has 0 heterocycles. The first-order valence-electron chi connectivity index (χ1n) is 6.88. The third kappa shape index (κ3) is 7.39. The Balaban J connectivity index is 3.99. The third-order valence-electron chi connectivity index (χ3n) is 3.61. The van der Waals surface area contributed by atoms with Gasteiger partial charge in [0.25, 0.3) is 0 Å². The van der Waals surface area contributed by atoms with Crippen LogP contribution in [0.1, 0.15) is 54.4 Å². The van der Waals surface area contributed by atoms with Gasteiger partial charge in [-0.2, -0.15) is 5.26 Å². The number of hydrogen-bond donors (Lipinski definition) is 1. The number of nitrogens with zero attached hydrogens (tertiary/aromatic N) is 1. The molecule has 0 rings (SSSR count). The molecule has 0 unspecified atom stereocenters. The van der Waals surface area contributed by atoms with Crippen molar-refractivity contribution in [3.63, 3.8) is 0 Å². The van der Waals surface area contributed by atoms with Crippen LogP contribution < -0.4 is 5.32 Å². The summed E-state index contributed by atoms with van der Waals surface area (Å²) in [5.41, 5.74) is 0.230.